The van der Waals surface area contributed by atoms with Gasteiger partial charge in [-0.2, -0.15) is 0 Å². The summed E-state index contributed by atoms with van der Waals surface area (Å²) in [6.07, 6.45) is 0. The topological polar surface area (TPSA) is 43.1 Å². The number of halogens is 12. The maximum absolute atomic E-state index is 10.5. The summed E-state index contributed by atoms with van der Waals surface area (Å²) < 4.78 is -2.95. The Morgan fingerprint density at radius 3 is 1.20 bits per heavy atom. The first-order valence-electron chi connectivity index (χ1n) is 8.67. The average Bonchev–Trinajstić information content (AvgIpc) is 3.05. The fourth-order valence-corrected chi connectivity index (χ4v) is 5.55. The zero-order valence-electron chi connectivity index (χ0n) is 16.3. The minimum Gasteiger partial charge on any atom is -0.258 e. The first-order valence-corrected chi connectivity index (χ1v) is 13.2. The number of hydrogen-bond acceptors (Lipinski definition) is 2. The highest BCUT2D eigenvalue weighted by Crippen LogP contribution is 2.54. The second-order valence-electron chi connectivity index (χ2n) is 6.45. The van der Waals surface area contributed by atoms with Crippen molar-refractivity contribution >= 4 is 156 Å². The van der Waals surface area contributed by atoms with Crippen LogP contribution < -0.4 is 0 Å². The molecule has 0 unspecified atom stereocenters. The largest absolute Gasteiger partial charge is 0.270 e. The van der Waals surface area contributed by atoms with Gasteiger partial charge in [-0.25, -0.2) is 0 Å². The Morgan fingerprint density at radius 1 is 0.571 bits per heavy atom. The summed E-state index contributed by atoms with van der Waals surface area (Å²) in [5.41, 5.74) is 0.138. The highest BCUT2D eigenvalue weighted by molar-refractivity contribution is 6.68. The summed E-state index contributed by atoms with van der Waals surface area (Å²) in [5.74, 6) is 0. The van der Waals surface area contributed by atoms with E-state index in [-0.39, 0.29) is 50.9 Å². The molecule has 2 aliphatic carbocycles. The van der Waals surface area contributed by atoms with Gasteiger partial charge in [0.1, 0.15) is 0 Å². The van der Waals surface area contributed by atoms with Crippen LogP contribution >= 0.6 is 139 Å². The van der Waals surface area contributed by atoms with Gasteiger partial charge in [0.25, 0.3) is 5.69 Å². The second-order valence-corrected chi connectivity index (χ2v) is 12.1. The molecular formula is C20H7Cl12NO2. The second kappa shape index (κ2) is 12.6. The van der Waals surface area contributed by atoms with Crippen LogP contribution in [-0.2, 0) is 0 Å². The summed E-state index contributed by atoms with van der Waals surface area (Å²) >= 11 is 67.6. The van der Waals surface area contributed by atoms with Crippen LogP contribution in [0.15, 0.2) is 82.7 Å². The number of non-ortho nitro benzene ring substituents is 1. The van der Waals surface area contributed by atoms with Gasteiger partial charge in [-0.05, 0) is 16.8 Å². The highest BCUT2D eigenvalue weighted by atomic mass is 35.5. The molecule has 0 aromatic heterocycles. The quantitative estimate of drug-likeness (QED) is 0.167. The van der Waals surface area contributed by atoms with E-state index in [4.69, 9.17) is 139 Å². The van der Waals surface area contributed by atoms with Gasteiger partial charge >= 0.3 is 0 Å². The van der Waals surface area contributed by atoms with Crippen molar-refractivity contribution in [2.45, 2.75) is 8.67 Å². The number of alkyl halides is 4. The zero-order valence-corrected chi connectivity index (χ0v) is 25.4. The molecular weight excluding hydrogens is 712 g/mol. The van der Waals surface area contributed by atoms with Crippen LogP contribution in [0.2, 0.25) is 0 Å². The molecule has 0 bridgehead atoms. The predicted molar refractivity (Wildman–Crippen MR) is 154 cm³/mol. The molecule has 0 saturated carbocycles. The van der Waals surface area contributed by atoms with E-state index in [2.05, 4.69) is 0 Å². The van der Waals surface area contributed by atoms with Crippen LogP contribution in [0.5, 0.6) is 0 Å². The Hall–Kier alpha value is 0.540. The van der Waals surface area contributed by atoms with Crippen LogP contribution in [0.1, 0.15) is 0 Å². The number of nitro groups is 1. The van der Waals surface area contributed by atoms with Crippen molar-refractivity contribution in [1.82, 2.24) is 0 Å². The predicted octanol–water partition coefficient (Wildman–Crippen LogP) is 11.9. The third-order valence-corrected chi connectivity index (χ3v) is 10.5. The van der Waals surface area contributed by atoms with Crippen LogP contribution in [0, 0.1) is 10.1 Å². The molecule has 0 fully saturated rings. The molecule has 0 aliphatic heterocycles. The Bertz CT molecular complexity index is 1200. The van der Waals surface area contributed by atoms with Gasteiger partial charge in [-0.15, -0.1) is 0 Å². The SMILES string of the molecule is ClC1=C(Cl)C(Cl)(Cl)C(Cl)=C1Cl.ClC1=C(Cl)C(Cl)(Cl)C(Cl)=C1Cl.O=[N+]([O-])c1ccc2ccccc2c1. The van der Waals surface area contributed by atoms with E-state index in [1.54, 1.807) is 12.1 Å². The molecule has 2 aromatic carbocycles. The molecule has 0 heterocycles. The van der Waals surface area contributed by atoms with Crippen molar-refractivity contribution in [2.24, 2.45) is 0 Å². The van der Waals surface area contributed by atoms with E-state index < -0.39 is 8.67 Å². The van der Waals surface area contributed by atoms with Crippen molar-refractivity contribution in [3.63, 3.8) is 0 Å². The van der Waals surface area contributed by atoms with Gasteiger partial charge in [0, 0.05) is 12.1 Å². The summed E-state index contributed by atoms with van der Waals surface area (Å²) in [5, 5.41) is 12.9. The van der Waals surface area contributed by atoms with E-state index >= 15 is 0 Å². The Labute approximate surface area is 259 Å². The van der Waals surface area contributed by atoms with E-state index in [1.165, 1.54) is 6.07 Å². The molecule has 2 aromatic rings. The van der Waals surface area contributed by atoms with E-state index in [1.807, 2.05) is 24.3 Å². The lowest BCUT2D eigenvalue weighted by Gasteiger charge is -2.11. The first kappa shape index (κ1) is 31.8. The zero-order chi connectivity index (χ0) is 26.9. The summed E-state index contributed by atoms with van der Waals surface area (Å²) in [7, 11) is 0. The number of nitro benzene ring substituents is 1. The number of hydrogen-bond donors (Lipinski definition) is 0. The molecule has 188 valence electrons. The first-order chi connectivity index (χ1) is 16.0. The molecule has 15 heteroatoms. The summed E-state index contributed by atoms with van der Waals surface area (Å²) in [6, 6.07) is 12.4. The number of rotatable bonds is 1. The molecule has 0 atom stereocenters. The van der Waals surface area contributed by atoms with Crippen LogP contribution in [-0.4, -0.2) is 13.6 Å². The minimum atomic E-state index is -1.47. The third kappa shape index (κ3) is 6.95. The van der Waals surface area contributed by atoms with E-state index in [0.29, 0.717) is 0 Å². The van der Waals surface area contributed by atoms with Crippen molar-refractivity contribution in [3.8, 4) is 0 Å². The van der Waals surface area contributed by atoms with Crippen LogP contribution in [0.3, 0.4) is 0 Å². The van der Waals surface area contributed by atoms with Gasteiger partial charge in [0.15, 0.2) is 8.67 Å². The van der Waals surface area contributed by atoms with Crippen molar-refractivity contribution in [2.75, 3.05) is 0 Å². The fourth-order valence-electron chi connectivity index (χ4n) is 2.42. The summed E-state index contributed by atoms with van der Waals surface area (Å²) in [6.45, 7) is 0. The average molecular weight is 719 g/mol. The molecule has 0 saturated heterocycles. The number of fused-ring (bicyclic) bond motifs is 1. The number of nitrogens with zero attached hydrogens (tertiary/aromatic N) is 1. The van der Waals surface area contributed by atoms with Crippen molar-refractivity contribution in [3.05, 3.63) is 92.8 Å². The van der Waals surface area contributed by atoms with E-state index in [9.17, 15) is 10.1 Å². The maximum Gasteiger partial charge on any atom is 0.270 e. The smallest absolute Gasteiger partial charge is 0.258 e. The third-order valence-electron chi connectivity index (χ3n) is 4.20. The maximum atomic E-state index is 10.5. The molecule has 0 spiro atoms. The number of benzene rings is 2. The van der Waals surface area contributed by atoms with Gasteiger partial charge < -0.3 is 0 Å². The van der Waals surface area contributed by atoms with Gasteiger partial charge in [-0.1, -0.05) is 163 Å². The van der Waals surface area contributed by atoms with Gasteiger partial charge in [-0.3, -0.25) is 10.1 Å². The summed E-state index contributed by atoms with van der Waals surface area (Å²) in [4.78, 5) is 10.1. The van der Waals surface area contributed by atoms with E-state index in [0.717, 1.165) is 10.8 Å². The van der Waals surface area contributed by atoms with Crippen LogP contribution in [0.4, 0.5) is 5.69 Å². The number of allylic oxidation sites excluding steroid dienone is 8. The lowest BCUT2D eigenvalue weighted by molar-refractivity contribution is -0.384. The minimum absolute atomic E-state index is 0.0394. The van der Waals surface area contributed by atoms with Crippen molar-refractivity contribution < 1.29 is 4.92 Å². The molecule has 0 radical (unpaired) electrons. The standard InChI is InChI=1S/C10H7NO2.2C5Cl6/c12-11(13)10-6-5-8-3-1-2-4-9(8)7-10;2*6-1-2(7)4(9)5(10,11)3(1)8/h1-7H;;. The Morgan fingerprint density at radius 2 is 0.914 bits per heavy atom. The molecule has 3 nitrogen and oxygen atoms in total. The van der Waals surface area contributed by atoms with Crippen molar-refractivity contribution in [1.29, 1.82) is 0 Å². The lowest BCUT2D eigenvalue weighted by atomic mass is 10.1. The molecule has 35 heavy (non-hydrogen) atoms. The normalized spacial score (nSPS) is 18.5. The van der Waals surface area contributed by atoms with Gasteiger partial charge in [0.05, 0.1) is 45.2 Å². The lowest BCUT2D eigenvalue weighted by Crippen LogP contribution is -2.09. The van der Waals surface area contributed by atoms with Gasteiger partial charge in [0.2, 0.25) is 0 Å². The molecule has 2 aliphatic rings. The molecule has 0 amide bonds. The van der Waals surface area contributed by atoms with Crippen LogP contribution in [0.25, 0.3) is 10.8 Å². The monoisotopic (exact) mass is 713 g/mol. The fraction of sp³-hybridized carbons (Fsp3) is 0.100. The molecule has 0 N–H and O–H groups in total. The Balaban J connectivity index is 0.000000186. The molecule has 4 rings (SSSR count). The Kier molecular flexibility index (Phi) is 11.4. The highest BCUT2D eigenvalue weighted by Gasteiger charge is 2.43.